The van der Waals surface area contributed by atoms with E-state index in [0.29, 0.717) is 5.92 Å². The minimum Gasteiger partial charge on any atom is -0.497 e. The van der Waals surface area contributed by atoms with Crippen LogP contribution in [0.4, 0.5) is 0 Å². The molecule has 4 nitrogen and oxygen atoms in total. The quantitative estimate of drug-likeness (QED) is 0.879. The van der Waals surface area contributed by atoms with Gasteiger partial charge in [0.25, 0.3) is 0 Å². The Morgan fingerprint density at radius 3 is 2.27 bits per heavy atom. The first kappa shape index (κ1) is 16.7. The number of hydrogen-bond donors (Lipinski definition) is 1. The summed E-state index contributed by atoms with van der Waals surface area (Å²) in [4.78, 5) is 0. The first-order valence-corrected chi connectivity index (χ1v) is 9.10. The molecule has 0 bridgehead atoms. The molecule has 1 fully saturated rings. The first-order chi connectivity index (χ1) is 12.8. The van der Waals surface area contributed by atoms with Crippen molar-refractivity contribution in [1.82, 2.24) is 5.43 Å². The van der Waals surface area contributed by atoms with Crippen molar-refractivity contribution in [2.45, 2.75) is 25.3 Å². The lowest BCUT2D eigenvalue weighted by Crippen LogP contribution is -2.25. The molecule has 0 saturated heterocycles. The Hall–Kier alpha value is -2.75. The van der Waals surface area contributed by atoms with Crippen molar-refractivity contribution in [3.63, 3.8) is 0 Å². The molecule has 134 valence electrons. The van der Waals surface area contributed by atoms with Crippen LogP contribution < -0.4 is 14.9 Å². The molecule has 1 aliphatic heterocycles. The molecule has 1 aliphatic carbocycles. The molecule has 2 aromatic rings. The van der Waals surface area contributed by atoms with Crippen molar-refractivity contribution < 1.29 is 9.47 Å². The third-order valence-corrected chi connectivity index (χ3v) is 5.30. The summed E-state index contributed by atoms with van der Waals surface area (Å²) >= 11 is 0. The van der Waals surface area contributed by atoms with Crippen molar-refractivity contribution in [2.24, 2.45) is 11.0 Å². The largest absolute Gasteiger partial charge is 0.497 e. The summed E-state index contributed by atoms with van der Waals surface area (Å²) in [5.41, 5.74) is 8.39. The van der Waals surface area contributed by atoms with Gasteiger partial charge in [-0.1, -0.05) is 24.3 Å². The monoisotopic (exact) mass is 348 g/mol. The molecular weight excluding hydrogens is 324 g/mol. The second kappa shape index (κ2) is 7.24. The number of hydrazone groups is 1. The summed E-state index contributed by atoms with van der Waals surface area (Å²) < 4.78 is 10.5. The molecule has 0 aromatic heterocycles. The van der Waals surface area contributed by atoms with Crippen LogP contribution in [-0.4, -0.2) is 19.9 Å². The average molecular weight is 348 g/mol. The number of methoxy groups -OCH3 is 2. The maximum Gasteiger partial charge on any atom is 0.118 e. The number of rotatable bonds is 4. The standard InChI is InChI=1S/C22H24N2O2/c1-25-18-10-6-15(7-11-18)14-17-4-3-5-20-21(23-24-22(17)20)16-8-12-19(26-2)13-9-16/h6-14,20-21,23H,3-5H2,1-2H3/b17-14+/t20-,21+/m0/s1. The average Bonchev–Trinajstić information content (AvgIpc) is 3.14. The van der Waals surface area contributed by atoms with Crippen molar-refractivity contribution in [1.29, 1.82) is 0 Å². The van der Waals surface area contributed by atoms with E-state index in [1.54, 1.807) is 14.2 Å². The number of benzene rings is 2. The molecule has 2 atom stereocenters. The lowest BCUT2D eigenvalue weighted by atomic mass is 9.78. The van der Waals surface area contributed by atoms with E-state index in [-0.39, 0.29) is 6.04 Å². The summed E-state index contributed by atoms with van der Waals surface area (Å²) in [5, 5.41) is 4.71. The second-order valence-electron chi connectivity index (χ2n) is 6.82. The number of allylic oxidation sites excluding steroid dienone is 1. The van der Waals surface area contributed by atoms with Gasteiger partial charge in [0, 0.05) is 5.92 Å². The fourth-order valence-electron chi connectivity index (χ4n) is 3.89. The van der Waals surface area contributed by atoms with Gasteiger partial charge in [0.05, 0.1) is 26.0 Å². The van der Waals surface area contributed by atoms with Gasteiger partial charge in [0.2, 0.25) is 0 Å². The normalized spacial score (nSPS) is 23.2. The van der Waals surface area contributed by atoms with Gasteiger partial charge >= 0.3 is 0 Å². The highest BCUT2D eigenvalue weighted by atomic mass is 16.5. The Labute approximate surface area is 154 Å². The number of nitrogens with one attached hydrogen (secondary N) is 1. The summed E-state index contributed by atoms with van der Waals surface area (Å²) in [6.45, 7) is 0. The summed E-state index contributed by atoms with van der Waals surface area (Å²) in [6.07, 6.45) is 5.71. The summed E-state index contributed by atoms with van der Waals surface area (Å²) in [5.74, 6) is 2.20. The zero-order chi connectivity index (χ0) is 17.9. The topological polar surface area (TPSA) is 42.8 Å². The highest BCUT2D eigenvalue weighted by Gasteiger charge is 2.36. The molecule has 26 heavy (non-hydrogen) atoms. The smallest absolute Gasteiger partial charge is 0.118 e. The third kappa shape index (κ3) is 3.19. The summed E-state index contributed by atoms with van der Waals surface area (Å²) in [6, 6.07) is 16.8. The van der Waals surface area contributed by atoms with Crippen LogP contribution in [0, 0.1) is 5.92 Å². The molecule has 0 spiro atoms. The molecule has 2 aliphatic rings. The zero-order valence-corrected chi connectivity index (χ0v) is 15.2. The van der Waals surface area contributed by atoms with Crippen molar-refractivity contribution in [3.05, 3.63) is 65.2 Å². The minimum atomic E-state index is 0.246. The van der Waals surface area contributed by atoms with Crippen LogP contribution in [0.1, 0.15) is 36.4 Å². The Kier molecular flexibility index (Phi) is 4.65. The Morgan fingerprint density at radius 1 is 0.962 bits per heavy atom. The fourth-order valence-corrected chi connectivity index (χ4v) is 3.89. The van der Waals surface area contributed by atoms with Gasteiger partial charge < -0.3 is 14.9 Å². The van der Waals surface area contributed by atoms with E-state index in [9.17, 15) is 0 Å². The third-order valence-electron chi connectivity index (χ3n) is 5.30. The minimum absolute atomic E-state index is 0.246. The molecule has 1 N–H and O–H groups in total. The van der Waals surface area contributed by atoms with E-state index in [0.717, 1.165) is 17.9 Å². The van der Waals surface area contributed by atoms with E-state index in [1.807, 2.05) is 24.3 Å². The Balaban J connectivity index is 1.56. The number of fused-ring (bicyclic) bond motifs is 1. The van der Waals surface area contributed by atoms with E-state index in [4.69, 9.17) is 14.6 Å². The highest BCUT2D eigenvalue weighted by molar-refractivity contribution is 6.07. The van der Waals surface area contributed by atoms with E-state index in [2.05, 4.69) is 35.8 Å². The van der Waals surface area contributed by atoms with Crippen LogP contribution in [0.2, 0.25) is 0 Å². The Bertz CT molecular complexity index is 822. The van der Waals surface area contributed by atoms with E-state index >= 15 is 0 Å². The van der Waals surface area contributed by atoms with Crippen LogP contribution in [0.5, 0.6) is 11.5 Å². The van der Waals surface area contributed by atoms with Crippen LogP contribution in [0.15, 0.2) is 59.2 Å². The van der Waals surface area contributed by atoms with Gasteiger partial charge in [0.15, 0.2) is 0 Å². The molecule has 0 radical (unpaired) electrons. The molecule has 4 rings (SSSR count). The molecular formula is C22H24N2O2. The lowest BCUT2D eigenvalue weighted by molar-refractivity contribution is 0.413. The van der Waals surface area contributed by atoms with Crippen molar-refractivity contribution >= 4 is 11.8 Å². The lowest BCUT2D eigenvalue weighted by Gasteiger charge is -2.26. The Morgan fingerprint density at radius 2 is 1.62 bits per heavy atom. The van der Waals surface area contributed by atoms with E-state index < -0.39 is 0 Å². The highest BCUT2D eigenvalue weighted by Crippen LogP contribution is 2.39. The SMILES string of the molecule is COc1ccc(/C=C2\CCC[C@@H]3C2=NN[C@@H]3c2ccc(OC)cc2)cc1. The predicted octanol–water partition coefficient (Wildman–Crippen LogP) is 4.59. The molecule has 0 amide bonds. The molecule has 0 unspecified atom stereocenters. The van der Waals surface area contributed by atoms with Gasteiger partial charge in [-0.05, 0) is 66.3 Å². The van der Waals surface area contributed by atoms with Crippen LogP contribution in [-0.2, 0) is 0 Å². The van der Waals surface area contributed by atoms with Crippen LogP contribution in [0.3, 0.4) is 0 Å². The molecule has 4 heteroatoms. The maximum atomic E-state index is 5.27. The van der Waals surface area contributed by atoms with Crippen LogP contribution >= 0.6 is 0 Å². The summed E-state index contributed by atoms with van der Waals surface area (Å²) in [7, 11) is 3.39. The maximum absolute atomic E-state index is 5.27. The van der Waals surface area contributed by atoms with Gasteiger partial charge in [-0.15, -0.1) is 0 Å². The van der Waals surface area contributed by atoms with Gasteiger partial charge in [-0.2, -0.15) is 5.10 Å². The molecule has 1 heterocycles. The number of nitrogens with zero attached hydrogens (tertiary/aromatic N) is 1. The van der Waals surface area contributed by atoms with Gasteiger partial charge in [-0.25, -0.2) is 0 Å². The fraction of sp³-hybridized carbons (Fsp3) is 0.318. The van der Waals surface area contributed by atoms with Crippen LogP contribution in [0.25, 0.3) is 6.08 Å². The number of hydrogen-bond acceptors (Lipinski definition) is 4. The van der Waals surface area contributed by atoms with Gasteiger partial charge in [-0.3, -0.25) is 0 Å². The van der Waals surface area contributed by atoms with Crippen molar-refractivity contribution in [3.8, 4) is 11.5 Å². The zero-order valence-electron chi connectivity index (χ0n) is 15.2. The second-order valence-corrected chi connectivity index (χ2v) is 6.82. The first-order valence-electron chi connectivity index (χ1n) is 9.10. The molecule has 2 aromatic carbocycles. The van der Waals surface area contributed by atoms with Gasteiger partial charge in [0.1, 0.15) is 11.5 Å². The predicted molar refractivity (Wildman–Crippen MR) is 105 cm³/mol. The van der Waals surface area contributed by atoms with E-state index in [1.165, 1.54) is 35.3 Å². The van der Waals surface area contributed by atoms with Crippen molar-refractivity contribution in [2.75, 3.05) is 14.2 Å². The molecule has 1 saturated carbocycles. The number of ether oxygens (including phenoxy) is 2.